The van der Waals surface area contributed by atoms with Gasteiger partial charge in [0.25, 0.3) is 0 Å². The molecule has 1 saturated heterocycles. The van der Waals surface area contributed by atoms with Crippen LogP contribution in [-0.4, -0.2) is 49.2 Å². The minimum Gasteiger partial charge on any atom is -0.497 e. The van der Waals surface area contributed by atoms with Crippen LogP contribution in [0.4, 0.5) is 0 Å². The first-order valence-electron chi connectivity index (χ1n) is 8.53. The van der Waals surface area contributed by atoms with Crippen molar-refractivity contribution in [3.8, 4) is 11.4 Å². The predicted octanol–water partition coefficient (Wildman–Crippen LogP) is 1.72. The second-order valence-corrected chi connectivity index (χ2v) is 5.89. The van der Waals surface area contributed by atoms with Crippen LogP contribution in [0.15, 0.2) is 41.5 Å². The van der Waals surface area contributed by atoms with E-state index in [0.29, 0.717) is 6.54 Å². The van der Waals surface area contributed by atoms with Gasteiger partial charge in [0.2, 0.25) is 0 Å². The minimum absolute atomic E-state index is 0.285. The van der Waals surface area contributed by atoms with Gasteiger partial charge in [0, 0.05) is 26.4 Å². The van der Waals surface area contributed by atoms with Gasteiger partial charge in [-0.15, -0.1) is 0 Å². The Bertz CT molecular complexity index is 690. The summed E-state index contributed by atoms with van der Waals surface area (Å²) in [4.78, 5) is 4.24. The highest BCUT2D eigenvalue weighted by Gasteiger charge is 2.15. The molecule has 7 heteroatoms. The Morgan fingerprint density at radius 2 is 2.16 bits per heavy atom. The molecule has 0 amide bonds. The van der Waals surface area contributed by atoms with Gasteiger partial charge in [-0.2, -0.15) is 5.10 Å². The van der Waals surface area contributed by atoms with Gasteiger partial charge in [0.1, 0.15) is 5.75 Å². The molecule has 0 radical (unpaired) electrons. The molecular formula is C18H25N5O2. The number of hydrogen-bond donors (Lipinski definition) is 2. The average Bonchev–Trinajstić information content (AvgIpc) is 3.34. The third-order valence-electron chi connectivity index (χ3n) is 4.16. The summed E-state index contributed by atoms with van der Waals surface area (Å²) in [5, 5.41) is 11.2. The van der Waals surface area contributed by atoms with Crippen LogP contribution < -0.4 is 15.4 Å². The van der Waals surface area contributed by atoms with Gasteiger partial charge >= 0.3 is 0 Å². The zero-order valence-electron chi connectivity index (χ0n) is 14.7. The van der Waals surface area contributed by atoms with Crippen molar-refractivity contribution >= 4 is 5.96 Å². The summed E-state index contributed by atoms with van der Waals surface area (Å²) in [7, 11) is 3.42. The summed E-state index contributed by atoms with van der Waals surface area (Å²) in [6, 6.07) is 9.79. The van der Waals surface area contributed by atoms with Crippen LogP contribution in [0.3, 0.4) is 0 Å². The predicted molar refractivity (Wildman–Crippen MR) is 97.3 cm³/mol. The monoisotopic (exact) mass is 343 g/mol. The third kappa shape index (κ3) is 4.73. The molecule has 2 N–H and O–H groups in total. The minimum atomic E-state index is 0.285. The summed E-state index contributed by atoms with van der Waals surface area (Å²) in [5.41, 5.74) is 1.93. The number of aromatic nitrogens is 2. The van der Waals surface area contributed by atoms with Gasteiger partial charge < -0.3 is 20.1 Å². The fraction of sp³-hybridized carbons (Fsp3) is 0.444. The average molecular weight is 343 g/mol. The largest absolute Gasteiger partial charge is 0.497 e. The van der Waals surface area contributed by atoms with Gasteiger partial charge in [-0.3, -0.25) is 4.99 Å². The molecule has 0 spiro atoms. The van der Waals surface area contributed by atoms with E-state index in [9.17, 15) is 0 Å². The molecular weight excluding hydrogens is 318 g/mol. The zero-order valence-corrected chi connectivity index (χ0v) is 14.7. The molecule has 1 aromatic heterocycles. The van der Waals surface area contributed by atoms with E-state index in [1.165, 1.54) is 0 Å². The van der Waals surface area contributed by atoms with Crippen molar-refractivity contribution in [3.05, 3.63) is 42.2 Å². The van der Waals surface area contributed by atoms with Crippen LogP contribution in [-0.2, 0) is 11.3 Å². The second kappa shape index (κ2) is 8.53. The van der Waals surface area contributed by atoms with Crippen molar-refractivity contribution in [2.75, 3.05) is 27.3 Å². The van der Waals surface area contributed by atoms with E-state index in [0.717, 1.165) is 49.1 Å². The molecule has 1 unspecified atom stereocenters. The second-order valence-electron chi connectivity index (χ2n) is 5.89. The Balaban J connectivity index is 1.51. The number of nitrogens with zero attached hydrogens (tertiary/aromatic N) is 3. The molecule has 0 bridgehead atoms. The molecule has 134 valence electrons. The first-order valence-corrected chi connectivity index (χ1v) is 8.53. The fourth-order valence-electron chi connectivity index (χ4n) is 2.75. The molecule has 7 nitrogen and oxygen atoms in total. The normalized spacial score (nSPS) is 17.5. The molecule has 2 aromatic rings. The smallest absolute Gasteiger partial charge is 0.191 e. The number of benzene rings is 1. The number of guanidine groups is 1. The maximum absolute atomic E-state index is 5.61. The highest BCUT2D eigenvalue weighted by atomic mass is 16.5. The summed E-state index contributed by atoms with van der Waals surface area (Å²) in [5.74, 6) is 1.59. The summed E-state index contributed by atoms with van der Waals surface area (Å²) in [6.45, 7) is 2.25. The van der Waals surface area contributed by atoms with Gasteiger partial charge in [0.05, 0.1) is 31.1 Å². The van der Waals surface area contributed by atoms with Gasteiger partial charge in [-0.25, -0.2) is 4.68 Å². The van der Waals surface area contributed by atoms with Crippen molar-refractivity contribution in [3.63, 3.8) is 0 Å². The highest BCUT2D eigenvalue weighted by Crippen LogP contribution is 2.14. The van der Waals surface area contributed by atoms with E-state index in [1.807, 2.05) is 41.2 Å². The molecule has 3 rings (SSSR count). The lowest BCUT2D eigenvalue weighted by atomic mass is 10.2. The summed E-state index contributed by atoms with van der Waals surface area (Å²) >= 11 is 0. The van der Waals surface area contributed by atoms with Crippen LogP contribution in [0, 0.1) is 0 Å². The van der Waals surface area contributed by atoms with E-state index < -0.39 is 0 Å². The van der Waals surface area contributed by atoms with E-state index in [2.05, 4.69) is 20.7 Å². The molecule has 1 aromatic carbocycles. The molecule has 1 aliphatic heterocycles. The Labute approximate surface area is 148 Å². The van der Waals surface area contributed by atoms with E-state index in [-0.39, 0.29) is 6.10 Å². The number of ether oxygens (including phenoxy) is 2. The van der Waals surface area contributed by atoms with E-state index >= 15 is 0 Å². The van der Waals surface area contributed by atoms with Crippen LogP contribution in [0.5, 0.6) is 5.75 Å². The molecule has 1 aliphatic rings. The Kier molecular flexibility index (Phi) is 5.90. The Hall–Kier alpha value is -2.54. The first-order chi connectivity index (χ1) is 12.3. The SMILES string of the molecule is CN=C(NCc1ccn(-c2ccc(OC)cc2)n1)NCC1CCCO1. The molecule has 1 atom stereocenters. The number of methoxy groups -OCH3 is 1. The van der Waals surface area contributed by atoms with Gasteiger partial charge in [-0.05, 0) is 43.2 Å². The molecule has 25 heavy (non-hydrogen) atoms. The first kappa shape index (κ1) is 17.3. The number of nitrogens with one attached hydrogen (secondary N) is 2. The Morgan fingerprint density at radius 3 is 2.84 bits per heavy atom. The Morgan fingerprint density at radius 1 is 1.32 bits per heavy atom. The fourth-order valence-corrected chi connectivity index (χ4v) is 2.75. The summed E-state index contributed by atoms with van der Waals surface area (Å²) in [6.07, 6.45) is 4.48. The van der Waals surface area contributed by atoms with Gasteiger partial charge in [0.15, 0.2) is 5.96 Å². The topological polar surface area (TPSA) is 72.7 Å². The van der Waals surface area contributed by atoms with Crippen molar-refractivity contribution < 1.29 is 9.47 Å². The zero-order chi connectivity index (χ0) is 17.5. The molecule has 0 aliphatic carbocycles. The maximum Gasteiger partial charge on any atom is 0.191 e. The quantitative estimate of drug-likeness (QED) is 0.617. The van der Waals surface area contributed by atoms with Gasteiger partial charge in [-0.1, -0.05) is 0 Å². The van der Waals surface area contributed by atoms with Crippen molar-refractivity contribution in [2.45, 2.75) is 25.5 Å². The highest BCUT2D eigenvalue weighted by molar-refractivity contribution is 5.79. The number of aliphatic imine (C=N–C) groups is 1. The van der Waals surface area contributed by atoms with Crippen LogP contribution in [0.2, 0.25) is 0 Å². The molecule has 2 heterocycles. The van der Waals surface area contributed by atoms with E-state index in [4.69, 9.17) is 9.47 Å². The van der Waals surface area contributed by atoms with Crippen LogP contribution in [0.1, 0.15) is 18.5 Å². The van der Waals surface area contributed by atoms with E-state index in [1.54, 1.807) is 14.2 Å². The van der Waals surface area contributed by atoms with Crippen LogP contribution >= 0.6 is 0 Å². The lowest BCUT2D eigenvalue weighted by molar-refractivity contribution is 0.114. The van der Waals surface area contributed by atoms with Crippen molar-refractivity contribution in [2.24, 2.45) is 4.99 Å². The molecule has 1 fully saturated rings. The standard InChI is InChI=1S/C18H25N5O2/c1-19-18(21-13-17-4-3-11-25-17)20-12-14-9-10-23(22-14)15-5-7-16(24-2)8-6-15/h5-10,17H,3-4,11-13H2,1-2H3,(H2,19,20,21). The van der Waals surface area contributed by atoms with Crippen molar-refractivity contribution in [1.29, 1.82) is 0 Å². The summed E-state index contributed by atoms with van der Waals surface area (Å²) < 4.78 is 12.6. The molecule has 0 saturated carbocycles. The lowest BCUT2D eigenvalue weighted by Crippen LogP contribution is -2.40. The number of rotatable bonds is 6. The third-order valence-corrected chi connectivity index (χ3v) is 4.16. The number of hydrogen-bond acceptors (Lipinski definition) is 4. The van der Waals surface area contributed by atoms with Crippen LogP contribution in [0.25, 0.3) is 5.69 Å². The maximum atomic E-state index is 5.61. The lowest BCUT2D eigenvalue weighted by Gasteiger charge is -2.14. The van der Waals surface area contributed by atoms with Crippen molar-refractivity contribution in [1.82, 2.24) is 20.4 Å².